The molecule has 1 unspecified atom stereocenters. The summed E-state index contributed by atoms with van der Waals surface area (Å²) >= 11 is 0. The molecule has 0 saturated heterocycles. The molecule has 0 saturated carbocycles. The monoisotopic (exact) mass is 152 g/mol. The molecule has 1 rings (SSSR count). The van der Waals surface area contributed by atoms with Crippen LogP contribution in [0.15, 0.2) is 21.5 Å². The molecule has 0 aromatic rings. The van der Waals surface area contributed by atoms with Crippen LogP contribution in [-0.4, -0.2) is 6.04 Å². The molecular weight excluding hydrogens is 136 g/mol. The van der Waals surface area contributed by atoms with Crippen molar-refractivity contribution in [3.63, 3.8) is 0 Å². The Morgan fingerprint density at radius 1 is 1.45 bits per heavy atom. The maximum atomic E-state index is 4.20. The van der Waals surface area contributed by atoms with Crippen LogP contribution < -0.4 is 0 Å². The highest BCUT2D eigenvalue weighted by atomic mass is 15.2. The fourth-order valence-electron chi connectivity index (χ4n) is 1.10. The molecule has 0 aromatic heterocycles. The van der Waals surface area contributed by atoms with Gasteiger partial charge in [-0.25, -0.2) is 0 Å². The third-order valence-corrected chi connectivity index (χ3v) is 2.08. The molecule has 1 aliphatic heterocycles. The Labute approximate surface area is 68.4 Å². The van der Waals surface area contributed by atoms with Gasteiger partial charge in [0.1, 0.15) is 0 Å². The minimum Gasteiger partial charge on any atom is -0.185 e. The minimum absolute atomic E-state index is 0.430. The standard InChI is InChI=1S/C9H16N2/c1-6(2)8-5-9(7(3)4)11-10-8/h6,8H,5H2,1-4H3. The van der Waals surface area contributed by atoms with Crippen molar-refractivity contribution in [2.45, 2.75) is 40.2 Å². The van der Waals surface area contributed by atoms with Crippen molar-refractivity contribution >= 4 is 0 Å². The molecule has 2 heteroatoms. The second-order valence-electron chi connectivity index (χ2n) is 3.68. The first-order valence-electron chi connectivity index (χ1n) is 4.18. The topological polar surface area (TPSA) is 24.7 Å². The summed E-state index contributed by atoms with van der Waals surface area (Å²) in [6.07, 6.45) is 1.04. The third kappa shape index (κ3) is 1.88. The van der Waals surface area contributed by atoms with E-state index in [-0.39, 0.29) is 0 Å². The molecule has 2 nitrogen and oxygen atoms in total. The molecule has 11 heavy (non-hydrogen) atoms. The first kappa shape index (κ1) is 8.44. The molecule has 0 bridgehead atoms. The average Bonchev–Trinajstić information content (AvgIpc) is 2.33. The van der Waals surface area contributed by atoms with E-state index in [1.165, 1.54) is 11.3 Å². The quantitative estimate of drug-likeness (QED) is 0.551. The van der Waals surface area contributed by atoms with E-state index in [1.807, 2.05) is 0 Å². The van der Waals surface area contributed by atoms with Crippen molar-refractivity contribution in [2.24, 2.45) is 16.1 Å². The maximum absolute atomic E-state index is 4.20. The molecule has 0 fully saturated rings. The van der Waals surface area contributed by atoms with Gasteiger partial charge in [-0.1, -0.05) is 19.4 Å². The Hall–Kier alpha value is -0.660. The highest BCUT2D eigenvalue weighted by Gasteiger charge is 2.20. The molecule has 0 N–H and O–H groups in total. The Balaban J connectivity index is 2.64. The number of azo groups is 1. The van der Waals surface area contributed by atoms with Crippen molar-refractivity contribution in [1.29, 1.82) is 0 Å². The van der Waals surface area contributed by atoms with E-state index in [0.717, 1.165) is 6.42 Å². The SMILES string of the molecule is CC(C)=C1CC(C(C)C)N=N1. The number of hydrogen-bond donors (Lipinski definition) is 0. The lowest BCUT2D eigenvalue weighted by molar-refractivity contribution is 0.506. The van der Waals surface area contributed by atoms with Gasteiger partial charge in [-0.2, -0.15) is 10.2 Å². The van der Waals surface area contributed by atoms with Gasteiger partial charge in [-0.3, -0.25) is 0 Å². The Morgan fingerprint density at radius 3 is 2.36 bits per heavy atom. The number of hydrogen-bond acceptors (Lipinski definition) is 2. The fourth-order valence-corrected chi connectivity index (χ4v) is 1.10. The van der Waals surface area contributed by atoms with Gasteiger partial charge in [0.15, 0.2) is 0 Å². The van der Waals surface area contributed by atoms with E-state index in [4.69, 9.17) is 0 Å². The summed E-state index contributed by atoms with van der Waals surface area (Å²) in [5, 5.41) is 8.35. The van der Waals surface area contributed by atoms with Crippen LogP contribution in [0.5, 0.6) is 0 Å². The normalized spacial score (nSPS) is 23.4. The second-order valence-corrected chi connectivity index (χ2v) is 3.68. The fraction of sp³-hybridized carbons (Fsp3) is 0.778. The zero-order valence-corrected chi connectivity index (χ0v) is 7.76. The van der Waals surface area contributed by atoms with E-state index < -0.39 is 0 Å². The Morgan fingerprint density at radius 2 is 2.09 bits per heavy atom. The summed E-state index contributed by atoms with van der Waals surface area (Å²) in [6.45, 7) is 8.57. The molecule has 1 heterocycles. The van der Waals surface area contributed by atoms with Crippen molar-refractivity contribution < 1.29 is 0 Å². The van der Waals surface area contributed by atoms with Gasteiger partial charge in [0.25, 0.3) is 0 Å². The summed E-state index contributed by atoms with van der Waals surface area (Å²) < 4.78 is 0. The summed E-state index contributed by atoms with van der Waals surface area (Å²) in [5.74, 6) is 0.621. The van der Waals surface area contributed by atoms with Gasteiger partial charge in [0.2, 0.25) is 0 Å². The average molecular weight is 152 g/mol. The molecule has 0 amide bonds. The molecule has 0 spiro atoms. The lowest BCUT2D eigenvalue weighted by Crippen LogP contribution is -2.08. The van der Waals surface area contributed by atoms with Crippen LogP contribution in [0.3, 0.4) is 0 Å². The summed E-state index contributed by atoms with van der Waals surface area (Å²) in [7, 11) is 0. The predicted molar refractivity (Wildman–Crippen MR) is 46.5 cm³/mol. The molecule has 1 atom stereocenters. The van der Waals surface area contributed by atoms with Crippen molar-refractivity contribution in [3.8, 4) is 0 Å². The lowest BCUT2D eigenvalue weighted by atomic mass is 10.0. The van der Waals surface area contributed by atoms with Crippen molar-refractivity contribution in [1.82, 2.24) is 0 Å². The number of nitrogens with zero attached hydrogens (tertiary/aromatic N) is 2. The predicted octanol–water partition coefficient (Wildman–Crippen LogP) is 3.16. The molecular formula is C9H16N2. The smallest absolute Gasteiger partial charge is 0.0791 e. The molecule has 62 valence electrons. The van der Waals surface area contributed by atoms with Gasteiger partial charge >= 0.3 is 0 Å². The summed E-state index contributed by atoms with van der Waals surface area (Å²) in [5.41, 5.74) is 2.49. The van der Waals surface area contributed by atoms with Crippen LogP contribution in [0, 0.1) is 5.92 Å². The third-order valence-electron chi connectivity index (χ3n) is 2.08. The van der Waals surface area contributed by atoms with Crippen LogP contribution in [0.25, 0.3) is 0 Å². The zero-order chi connectivity index (χ0) is 8.43. The van der Waals surface area contributed by atoms with Crippen LogP contribution in [0.2, 0.25) is 0 Å². The Bertz CT molecular complexity index is 198. The largest absolute Gasteiger partial charge is 0.185 e. The summed E-state index contributed by atoms with van der Waals surface area (Å²) in [4.78, 5) is 0. The minimum atomic E-state index is 0.430. The summed E-state index contributed by atoms with van der Waals surface area (Å²) in [6, 6.07) is 0.430. The van der Waals surface area contributed by atoms with Crippen LogP contribution >= 0.6 is 0 Å². The van der Waals surface area contributed by atoms with E-state index >= 15 is 0 Å². The number of rotatable bonds is 1. The highest BCUT2D eigenvalue weighted by molar-refractivity contribution is 5.12. The first-order chi connectivity index (χ1) is 5.11. The molecule has 0 radical (unpaired) electrons. The van der Waals surface area contributed by atoms with E-state index in [0.29, 0.717) is 12.0 Å². The van der Waals surface area contributed by atoms with Gasteiger partial charge in [0.05, 0.1) is 11.7 Å². The van der Waals surface area contributed by atoms with Crippen LogP contribution in [0.4, 0.5) is 0 Å². The zero-order valence-electron chi connectivity index (χ0n) is 7.76. The van der Waals surface area contributed by atoms with Gasteiger partial charge < -0.3 is 0 Å². The Kier molecular flexibility index (Phi) is 2.42. The van der Waals surface area contributed by atoms with Crippen LogP contribution in [-0.2, 0) is 0 Å². The molecule has 0 aromatic carbocycles. The first-order valence-corrected chi connectivity index (χ1v) is 4.18. The maximum Gasteiger partial charge on any atom is 0.0791 e. The number of allylic oxidation sites excluding steroid dienone is 1. The molecule has 1 aliphatic rings. The van der Waals surface area contributed by atoms with Crippen molar-refractivity contribution in [3.05, 3.63) is 11.3 Å². The van der Waals surface area contributed by atoms with E-state index in [9.17, 15) is 0 Å². The molecule has 0 aliphatic carbocycles. The van der Waals surface area contributed by atoms with E-state index in [1.54, 1.807) is 0 Å². The van der Waals surface area contributed by atoms with Gasteiger partial charge in [-0.05, 0) is 19.8 Å². The highest BCUT2D eigenvalue weighted by Crippen LogP contribution is 2.26. The van der Waals surface area contributed by atoms with Gasteiger partial charge in [-0.15, -0.1) is 0 Å². The second kappa shape index (κ2) is 3.16. The lowest BCUT2D eigenvalue weighted by Gasteiger charge is -2.07. The van der Waals surface area contributed by atoms with E-state index in [2.05, 4.69) is 37.9 Å². The van der Waals surface area contributed by atoms with Gasteiger partial charge in [0, 0.05) is 6.42 Å². The van der Waals surface area contributed by atoms with Crippen LogP contribution in [0.1, 0.15) is 34.1 Å². The van der Waals surface area contributed by atoms with Crippen molar-refractivity contribution in [2.75, 3.05) is 0 Å².